The van der Waals surface area contributed by atoms with E-state index in [0.717, 1.165) is 43.2 Å². The van der Waals surface area contributed by atoms with Crippen molar-refractivity contribution in [2.24, 2.45) is 5.92 Å². The number of nitrogens with one attached hydrogen (secondary N) is 1. The highest BCUT2D eigenvalue weighted by atomic mass is 16.5. The largest absolute Gasteiger partial charge is 0.494 e. The molecule has 10 nitrogen and oxygen atoms in total. The number of carbonyl (C=O) groups excluding carboxylic acids is 1. The van der Waals surface area contributed by atoms with Crippen molar-refractivity contribution < 1.29 is 14.3 Å². The number of piperidine rings is 1. The minimum Gasteiger partial charge on any atom is -0.494 e. The number of hydrogen-bond donors (Lipinski definition) is 1. The van der Waals surface area contributed by atoms with Crippen LogP contribution in [0.3, 0.4) is 0 Å². The molecule has 1 amide bonds. The van der Waals surface area contributed by atoms with E-state index in [4.69, 9.17) is 9.47 Å². The van der Waals surface area contributed by atoms with Gasteiger partial charge in [-0.2, -0.15) is 5.10 Å². The number of rotatable bonds is 9. The highest BCUT2D eigenvalue weighted by Crippen LogP contribution is 2.23. The average Bonchev–Trinajstić information content (AvgIpc) is 3.38. The highest BCUT2D eigenvalue weighted by Gasteiger charge is 2.25. The van der Waals surface area contributed by atoms with E-state index in [1.165, 1.54) is 12.7 Å². The number of benzene rings is 1. The first-order valence-electron chi connectivity index (χ1n) is 10.8. The van der Waals surface area contributed by atoms with Crippen molar-refractivity contribution >= 4 is 11.7 Å². The van der Waals surface area contributed by atoms with Crippen LogP contribution in [0.1, 0.15) is 19.8 Å². The van der Waals surface area contributed by atoms with Crippen molar-refractivity contribution in [3.8, 4) is 17.3 Å². The monoisotopic (exact) mass is 437 g/mol. The van der Waals surface area contributed by atoms with E-state index in [2.05, 4.69) is 30.3 Å². The van der Waals surface area contributed by atoms with Gasteiger partial charge >= 0.3 is 0 Å². The Morgan fingerprint density at radius 1 is 1.06 bits per heavy atom. The van der Waals surface area contributed by atoms with Crippen molar-refractivity contribution in [3.63, 3.8) is 0 Å². The molecule has 1 aliphatic heterocycles. The quantitative estimate of drug-likeness (QED) is 0.506. The lowest BCUT2D eigenvalue weighted by Gasteiger charge is -2.32. The van der Waals surface area contributed by atoms with Gasteiger partial charge in [-0.05, 0) is 44.0 Å². The van der Waals surface area contributed by atoms with Gasteiger partial charge in [-0.3, -0.25) is 4.79 Å². The van der Waals surface area contributed by atoms with Crippen LogP contribution in [0.4, 0.5) is 5.82 Å². The molecule has 168 valence electrons. The van der Waals surface area contributed by atoms with E-state index < -0.39 is 0 Å². The number of anilines is 1. The maximum Gasteiger partial charge on any atom is 0.223 e. The molecule has 0 aliphatic carbocycles. The highest BCUT2D eigenvalue weighted by molar-refractivity contribution is 5.79. The molecule has 1 aromatic carbocycles. The van der Waals surface area contributed by atoms with Crippen molar-refractivity contribution in [2.45, 2.75) is 19.8 Å². The summed E-state index contributed by atoms with van der Waals surface area (Å²) in [7, 11) is 0. The summed E-state index contributed by atoms with van der Waals surface area (Å²) in [6.45, 7) is 4.99. The smallest absolute Gasteiger partial charge is 0.223 e. The summed E-state index contributed by atoms with van der Waals surface area (Å²) < 4.78 is 12.7. The minimum absolute atomic E-state index is 0.00616. The van der Waals surface area contributed by atoms with Crippen LogP contribution in [0.5, 0.6) is 11.5 Å². The first-order valence-corrected chi connectivity index (χ1v) is 10.8. The van der Waals surface area contributed by atoms with Crippen molar-refractivity contribution in [3.05, 3.63) is 49.3 Å². The summed E-state index contributed by atoms with van der Waals surface area (Å²) in [4.78, 5) is 27.3. The molecule has 0 saturated carbocycles. The zero-order chi connectivity index (χ0) is 22.2. The molecule has 1 N–H and O–H groups in total. The molecular formula is C22H27N7O3. The van der Waals surface area contributed by atoms with E-state index in [-0.39, 0.29) is 11.8 Å². The Balaban J connectivity index is 1.19. The number of nitrogens with zero attached hydrogens (tertiary/aromatic N) is 6. The normalized spacial score (nSPS) is 14.2. The molecule has 3 aromatic rings. The van der Waals surface area contributed by atoms with Crippen molar-refractivity contribution in [1.29, 1.82) is 0 Å². The van der Waals surface area contributed by atoms with Crippen LogP contribution in [0.2, 0.25) is 0 Å². The first-order chi connectivity index (χ1) is 15.7. The first kappa shape index (κ1) is 21.5. The topological polar surface area (TPSA) is 107 Å². The Morgan fingerprint density at radius 2 is 1.78 bits per heavy atom. The van der Waals surface area contributed by atoms with Crippen LogP contribution in [0, 0.1) is 5.92 Å². The SMILES string of the molecule is CCOc1ccc(OCCNC(=O)C2CCN(c3cc(-n4cncn4)ncn3)CC2)cc1. The average molecular weight is 438 g/mol. The van der Waals surface area contributed by atoms with E-state index in [9.17, 15) is 4.79 Å². The third-order valence-electron chi connectivity index (χ3n) is 5.29. The number of ether oxygens (including phenoxy) is 2. The molecule has 1 saturated heterocycles. The molecule has 10 heteroatoms. The molecule has 0 atom stereocenters. The van der Waals surface area contributed by atoms with Gasteiger partial charge in [-0.25, -0.2) is 19.6 Å². The number of amides is 1. The molecule has 0 radical (unpaired) electrons. The molecule has 3 heterocycles. The third kappa shape index (κ3) is 5.51. The second-order valence-corrected chi connectivity index (χ2v) is 7.38. The van der Waals surface area contributed by atoms with Gasteiger partial charge < -0.3 is 19.7 Å². The molecule has 0 bridgehead atoms. The van der Waals surface area contributed by atoms with E-state index in [1.807, 2.05) is 37.3 Å². The summed E-state index contributed by atoms with van der Waals surface area (Å²) >= 11 is 0. The summed E-state index contributed by atoms with van der Waals surface area (Å²) in [6, 6.07) is 9.36. The molecule has 0 spiro atoms. The third-order valence-corrected chi connectivity index (χ3v) is 5.29. The van der Waals surface area contributed by atoms with Crippen LogP contribution in [0.15, 0.2) is 49.3 Å². The van der Waals surface area contributed by atoms with Gasteiger partial charge in [0.1, 0.15) is 42.9 Å². The fourth-order valence-corrected chi connectivity index (χ4v) is 3.62. The van der Waals surface area contributed by atoms with Crippen LogP contribution >= 0.6 is 0 Å². The Morgan fingerprint density at radius 3 is 2.47 bits per heavy atom. The lowest BCUT2D eigenvalue weighted by Crippen LogP contribution is -2.41. The molecule has 1 aliphatic rings. The Kier molecular flexibility index (Phi) is 7.11. The van der Waals surface area contributed by atoms with Gasteiger partial charge in [-0.1, -0.05) is 0 Å². The molecule has 4 rings (SSSR count). The lowest BCUT2D eigenvalue weighted by atomic mass is 9.96. The van der Waals surface area contributed by atoms with Gasteiger partial charge in [0.2, 0.25) is 5.91 Å². The Bertz CT molecular complexity index is 987. The maximum atomic E-state index is 12.5. The second kappa shape index (κ2) is 10.6. The van der Waals surface area contributed by atoms with Crippen molar-refractivity contribution in [2.75, 3.05) is 37.7 Å². The Labute approximate surface area is 186 Å². The summed E-state index contributed by atoms with van der Waals surface area (Å²) in [5.41, 5.74) is 0. The van der Waals surface area contributed by atoms with Gasteiger partial charge in [0.15, 0.2) is 5.82 Å². The molecule has 0 unspecified atom stereocenters. The molecule has 1 fully saturated rings. The lowest BCUT2D eigenvalue weighted by molar-refractivity contribution is -0.125. The number of hydrogen-bond acceptors (Lipinski definition) is 8. The van der Waals surface area contributed by atoms with Crippen LogP contribution < -0.4 is 19.7 Å². The zero-order valence-corrected chi connectivity index (χ0v) is 18.1. The van der Waals surface area contributed by atoms with E-state index >= 15 is 0 Å². The van der Waals surface area contributed by atoms with Gasteiger partial charge in [0.05, 0.1) is 13.2 Å². The summed E-state index contributed by atoms with van der Waals surface area (Å²) in [5, 5.41) is 7.09. The second-order valence-electron chi connectivity index (χ2n) is 7.38. The Hall–Kier alpha value is -3.69. The number of carbonyl (C=O) groups is 1. The summed E-state index contributed by atoms with van der Waals surface area (Å²) in [5.74, 6) is 3.13. The standard InChI is InChI=1S/C22H27N7O3/c1-2-31-18-3-5-19(6-4-18)32-12-9-24-22(30)17-7-10-28(11-8-17)20-13-21(26-15-25-20)29-16-23-14-27-29/h3-6,13-17H,2,7-12H2,1H3,(H,24,30). The minimum atomic E-state index is -0.00616. The predicted molar refractivity (Wildman–Crippen MR) is 118 cm³/mol. The fraction of sp³-hybridized carbons (Fsp3) is 0.409. The van der Waals surface area contributed by atoms with Crippen LogP contribution in [-0.2, 0) is 4.79 Å². The van der Waals surface area contributed by atoms with Crippen LogP contribution in [-0.4, -0.2) is 63.5 Å². The van der Waals surface area contributed by atoms with Gasteiger partial charge in [0, 0.05) is 25.1 Å². The van der Waals surface area contributed by atoms with E-state index in [0.29, 0.717) is 25.6 Å². The van der Waals surface area contributed by atoms with E-state index in [1.54, 1.807) is 11.0 Å². The molecular weight excluding hydrogens is 410 g/mol. The predicted octanol–water partition coefficient (Wildman–Crippen LogP) is 1.87. The van der Waals surface area contributed by atoms with Crippen LogP contribution in [0.25, 0.3) is 5.82 Å². The number of aromatic nitrogens is 5. The summed E-state index contributed by atoms with van der Waals surface area (Å²) in [6.07, 6.45) is 6.13. The fourth-order valence-electron chi connectivity index (χ4n) is 3.62. The molecule has 2 aromatic heterocycles. The zero-order valence-electron chi connectivity index (χ0n) is 18.1. The van der Waals surface area contributed by atoms with Gasteiger partial charge in [-0.15, -0.1) is 0 Å². The molecule has 32 heavy (non-hydrogen) atoms. The van der Waals surface area contributed by atoms with Crippen molar-refractivity contribution in [1.82, 2.24) is 30.0 Å². The maximum absolute atomic E-state index is 12.5. The van der Waals surface area contributed by atoms with Gasteiger partial charge in [0.25, 0.3) is 0 Å².